The number of nitrogens with one attached hydrogen (secondary N) is 1. The van der Waals surface area contributed by atoms with Gasteiger partial charge in [0, 0.05) is 29.8 Å². The topological polar surface area (TPSA) is 466 Å². The second kappa shape index (κ2) is 30.3. The van der Waals surface area contributed by atoms with Crippen LogP contribution in [0.1, 0.15) is 31.5 Å². The molecule has 0 amide bonds. The Hall–Kier alpha value is -5.02. The highest BCUT2D eigenvalue weighted by Crippen LogP contribution is 2.22. The average Bonchev–Trinajstić information content (AvgIpc) is 3.60. The summed E-state index contributed by atoms with van der Waals surface area (Å²) in [6.07, 6.45) is 3.08. The van der Waals surface area contributed by atoms with Crippen LogP contribution in [-0.4, -0.2) is 140 Å². The minimum atomic E-state index is -1.29. The Balaban J connectivity index is -0.000000624. The number of rotatable bonds is 18. The zero-order valence-electron chi connectivity index (χ0n) is 29.7. The predicted molar refractivity (Wildman–Crippen MR) is 200 cm³/mol. The van der Waals surface area contributed by atoms with Crippen molar-refractivity contribution in [1.82, 2.24) is 9.97 Å². The van der Waals surface area contributed by atoms with Gasteiger partial charge in [-0.15, -0.1) is 0 Å². The van der Waals surface area contributed by atoms with Gasteiger partial charge in [-0.05, 0) is 30.0 Å². The van der Waals surface area contributed by atoms with Gasteiger partial charge in [0.1, 0.15) is 42.0 Å². The fourth-order valence-electron chi connectivity index (χ4n) is 2.64. The molecule has 1 heterocycles. The van der Waals surface area contributed by atoms with E-state index >= 15 is 0 Å². The maximum Gasteiger partial charge on any atom is 0.321 e. The smallest absolute Gasteiger partial charge is 0.321 e. The highest BCUT2D eigenvalue weighted by Gasteiger charge is 2.16. The molecule has 0 bridgehead atoms. The molecule has 1 aromatic heterocycles. The Morgan fingerprint density at radius 1 is 0.618 bits per heavy atom. The summed E-state index contributed by atoms with van der Waals surface area (Å²) in [5.74, 6) is -6.95. The second-order valence-electron chi connectivity index (χ2n) is 11.2. The molecule has 2 aromatic rings. The van der Waals surface area contributed by atoms with Crippen molar-refractivity contribution in [1.29, 1.82) is 0 Å². The average molecular weight is 827 g/mol. The first-order valence-corrected chi connectivity index (χ1v) is 17.9. The molecule has 23 nitrogen and oxygen atoms in total. The third-order valence-corrected chi connectivity index (χ3v) is 8.42. The highest BCUT2D eigenvalue weighted by molar-refractivity contribution is 8.76. The van der Waals surface area contributed by atoms with Crippen LogP contribution in [0.5, 0.6) is 5.75 Å². The van der Waals surface area contributed by atoms with Crippen LogP contribution < -0.4 is 34.4 Å². The Kier molecular flexibility index (Phi) is 30.0. The molecule has 0 spiro atoms. The summed E-state index contributed by atoms with van der Waals surface area (Å²) in [6, 6.07) is 0.726. The van der Waals surface area contributed by atoms with Gasteiger partial charge in [-0.3, -0.25) is 33.6 Å². The minimum absolute atomic E-state index is 0.0208. The molecule has 1 aromatic carbocycles. The number of carboxylic acid groups (broad SMARTS) is 7. The van der Waals surface area contributed by atoms with Gasteiger partial charge in [-0.1, -0.05) is 47.6 Å². The number of phenols is 1. The number of nitrogens with zero attached hydrogens (tertiary/aromatic N) is 1. The minimum Gasteiger partial charge on any atom is -0.508 e. The zero-order valence-corrected chi connectivity index (χ0v) is 31.3. The summed E-state index contributed by atoms with van der Waals surface area (Å²) in [6.45, 7) is 3.55. The third-order valence-electron chi connectivity index (χ3n) is 5.95. The van der Waals surface area contributed by atoms with Crippen LogP contribution in [0.4, 0.5) is 0 Å². The van der Waals surface area contributed by atoms with E-state index in [2.05, 4.69) is 9.97 Å². The summed E-state index contributed by atoms with van der Waals surface area (Å²) >= 11 is 0. The van der Waals surface area contributed by atoms with E-state index in [9.17, 15) is 33.6 Å². The van der Waals surface area contributed by atoms with Crippen molar-refractivity contribution < 1.29 is 74.4 Å². The van der Waals surface area contributed by atoms with Crippen LogP contribution in [0, 0.1) is 5.92 Å². The highest BCUT2D eigenvalue weighted by atomic mass is 33.1. The van der Waals surface area contributed by atoms with E-state index in [1.54, 1.807) is 32.2 Å². The van der Waals surface area contributed by atoms with E-state index < -0.39 is 84.5 Å². The van der Waals surface area contributed by atoms with E-state index in [0.29, 0.717) is 0 Å². The molecule has 0 saturated heterocycles. The zero-order chi connectivity index (χ0) is 43.4. The molecule has 6 atom stereocenters. The number of hydrogen-bond donors (Lipinski definition) is 15. The van der Waals surface area contributed by atoms with Crippen molar-refractivity contribution in [2.45, 2.75) is 69.4 Å². The van der Waals surface area contributed by atoms with Crippen LogP contribution >= 0.6 is 21.6 Å². The number of H-pyrrole nitrogens is 1. The lowest BCUT2D eigenvalue weighted by molar-refractivity contribution is -0.144. The van der Waals surface area contributed by atoms with Gasteiger partial charge in [0.15, 0.2) is 0 Å². The predicted octanol–water partition coefficient (Wildman–Crippen LogP) is -2.17. The van der Waals surface area contributed by atoms with Gasteiger partial charge < -0.3 is 80.2 Å². The molecule has 25 heteroatoms. The van der Waals surface area contributed by atoms with E-state index in [1.807, 2.05) is 0 Å². The van der Waals surface area contributed by atoms with Gasteiger partial charge in [0.25, 0.3) is 0 Å². The molecule has 312 valence electrons. The molecule has 2 rings (SSSR count). The molecule has 0 radical (unpaired) electrons. The summed E-state index contributed by atoms with van der Waals surface area (Å²) in [5, 5.41) is 67.0. The molecule has 55 heavy (non-hydrogen) atoms. The summed E-state index contributed by atoms with van der Waals surface area (Å²) in [5.41, 5.74) is 32.5. The molecular weight excluding hydrogens is 777 g/mol. The number of carboxylic acids is 7. The normalized spacial score (nSPS) is 13.3. The Morgan fingerprint density at radius 2 is 1.02 bits per heavy atom. The molecule has 0 aliphatic heterocycles. The number of aromatic nitrogens is 2. The number of carbonyl (C=O) groups is 7. The number of nitrogens with two attached hydrogens (primary N) is 6. The maximum atomic E-state index is 10.4. The van der Waals surface area contributed by atoms with Crippen molar-refractivity contribution >= 4 is 63.4 Å². The van der Waals surface area contributed by atoms with Crippen LogP contribution in [0.2, 0.25) is 0 Å². The van der Waals surface area contributed by atoms with E-state index in [-0.39, 0.29) is 36.0 Å². The Morgan fingerprint density at radius 3 is 1.29 bits per heavy atom. The lowest BCUT2D eigenvalue weighted by Gasteiger charge is -2.07. The van der Waals surface area contributed by atoms with Crippen LogP contribution in [0.3, 0.4) is 0 Å². The van der Waals surface area contributed by atoms with Crippen molar-refractivity contribution in [2.24, 2.45) is 40.3 Å². The van der Waals surface area contributed by atoms with Crippen molar-refractivity contribution in [3.05, 3.63) is 48.0 Å². The molecule has 21 N–H and O–H groups in total. The second-order valence-corrected chi connectivity index (χ2v) is 13.7. The number of aromatic hydroxyl groups is 1. The first kappa shape index (κ1) is 54.3. The quantitative estimate of drug-likeness (QED) is 0.0561. The summed E-state index contributed by atoms with van der Waals surface area (Å²) < 4.78 is 0. The first-order valence-electron chi connectivity index (χ1n) is 15.4. The number of benzene rings is 1. The lowest BCUT2D eigenvalue weighted by atomic mass is 10.1. The van der Waals surface area contributed by atoms with E-state index in [4.69, 9.17) is 75.3 Å². The Bertz CT molecular complexity index is 1430. The van der Waals surface area contributed by atoms with E-state index in [1.165, 1.54) is 40.0 Å². The largest absolute Gasteiger partial charge is 0.508 e. The molecule has 0 unspecified atom stereocenters. The van der Waals surface area contributed by atoms with Gasteiger partial charge in [-0.25, -0.2) is 4.98 Å². The number of aromatic amines is 1. The number of imidazole rings is 1. The van der Waals surface area contributed by atoms with Crippen molar-refractivity contribution in [2.75, 3.05) is 11.5 Å². The molecule has 0 saturated carbocycles. The number of phenolic OH excluding ortho intramolecular Hbond substituents is 1. The van der Waals surface area contributed by atoms with Gasteiger partial charge in [-0.2, -0.15) is 0 Å². The van der Waals surface area contributed by atoms with Gasteiger partial charge in [0.05, 0.1) is 12.7 Å². The molecule has 0 aliphatic carbocycles. The van der Waals surface area contributed by atoms with E-state index in [0.717, 1.165) is 11.3 Å². The maximum absolute atomic E-state index is 10.4. The molecule has 0 fully saturated rings. The number of aliphatic carboxylic acids is 7. The van der Waals surface area contributed by atoms with Gasteiger partial charge >= 0.3 is 41.8 Å². The first-order chi connectivity index (χ1) is 25.3. The fourth-order valence-corrected chi connectivity index (χ4v) is 4.87. The summed E-state index contributed by atoms with van der Waals surface area (Å²) in [4.78, 5) is 77.3. The fraction of sp³-hybridized carbons (Fsp3) is 0.467. The third kappa shape index (κ3) is 31.1. The van der Waals surface area contributed by atoms with Crippen molar-refractivity contribution in [3.8, 4) is 5.75 Å². The monoisotopic (exact) mass is 826 g/mol. The van der Waals surface area contributed by atoms with Crippen molar-refractivity contribution in [3.63, 3.8) is 0 Å². The van der Waals surface area contributed by atoms with Crippen LogP contribution in [-0.2, 0) is 46.4 Å². The number of hydrogen-bond acceptors (Lipinski definition) is 17. The summed E-state index contributed by atoms with van der Waals surface area (Å²) in [7, 11) is 2.41. The molecule has 0 aliphatic rings. The molecular formula is C30H50N8O15S2. The standard InChI is InChI=1S/C9H11NO3.C6H9N3O2.C6H12N2O4S2.C5H11NO2.C4H7NO4/c10-8(9(12)13)5-6-1-3-7(11)4-2-6;7-5(6(10)11)1-4-2-8-3-9-4;7-3(5(9)10)1-13-14-2-4(8)6(11)12;1-3(2)4(6)5(7)8;5-2(4(8)9)1-3(6)7/h1-4,8,11H,5,10H2,(H,12,13);2-3,5H,1,7H2,(H,8,9)(H,10,11);3-4H,1-2,7-8H2,(H,9,10)(H,11,12);3-4H,6H2,1-2H3,(H,7,8);2H,1,5H2,(H,6,7)(H,8,9)/t8-;5-;3-,4-;4-;2-/m00000/s1. The Labute approximate surface area is 322 Å². The van der Waals surface area contributed by atoms with Crippen LogP contribution in [0.25, 0.3) is 0 Å². The lowest BCUT2D eigenvalue weighted by Crippen LogP contribution is -2.34. The van der Waals surface area contributed by atoms with Crippen LogP contribution in [0.15, 0.2) is 36.8 Å². The SMILES string of the molecule is CC(C)[C@H](N)C(=O)O.N[C@@H](CC(=O)O)C(=O)O.N[C@@H](CSSC[C@H](N)C(=O)O)C(=O)O.N[C@@H](Cc1ccc(O)cc1)C(=O)O.N[C@@H](Cc1cnc[nH]1)C(=O)O. The van der Waals surface area contributed by atoms with Gasteiger partial charge in [0.2, 0.25) is 0 Å².